The van der Waals surface area contributed by atoms with Crippen LogP contribution in [0.3, 0.4) is 0 Å². The summed E-state index contributed by atoms with van der Waals surface area (Å²) in [5, 5.41) is 13.0. The predicted octanol–water partition coefficient (Wildman–Crippen LogP) is 6.96. The normalized spacial score (nSPS) is 25.8. The number of carboxylic acids is 1. The van der Waals surface area contributed by atoms with E-state index in [1.807, 2.05) is 0 Å². The zero-order chi connectivity index (χ0) is 24.1. The summed E-state index contributed by atoms with van der Waals surface area (Å²) in [6.45, 7) is 3.36. The van der Waals surface area contributed by atoms with Gasteiger partial charge in [0.2, 0.25) is 0 Å². The second-order valence-corrected chi connectivity index (χ2v) is 13.3. The summed E-state index contributed by atoms with van der Waals surface area (Å²) in [7, 11) is 0. The maximum Gasteiger partial charge on any atom is 0.324 e. The molecule has 2 fully saturated rings. The largest absolute Gasteiger partial charge is 0.480 e. The van der Waals surface area contributed by atoms with Gasteiger partial charge in [0.1, 0.15) is 4.75 Å². The molecule has 0 spiro atoms. The zero-order valence-corrected chi connectivity index (χ0v) is 21.9. The van der Waals surface area contributed by atoms with Gasteiger partial charge in [-0.15, -0.1) is 0 Å². The van der Waals surface area contributed by atoms with Crippen LogP contribution in [0.25, 0.3) is 0 Å². The Hall–Kier alpha value is -1.80. The van der Waals surface area contributed by atoms with Gasteiger partial charge in [0.15, 0.2) is 5.13 Å². The Kier molecular flexibility index (Phi) is 8.40. The van der Waals surface area contributed by atoms with Crippen molar-refractivity contribution in [2.24, 2.45) is 11.8 Å². The Labute approximate surface area is 211 Å². The Morgan fingerprint density at radius 2 is 1.79 bits per heavy atom. The van der Waals surface area contributed by atoms with Crippen LogP contribution in [0.4, 0.5) is 9.93 Å². The zero-order valence-electron chi connectivity index (χ0n) is 20.2. The molecule has 34 heavy (non-hydrogen) atoms. The average Bonchev–Trinajstić information content (AvgIpc) is 3.26. The molecule has 186 valence electrons. The van der Waals surface area contributed by atoms with Gasteiger partial charge in [-0.25, -0.2) is 9.78 Å². The highest BCUT2D eigenvalue weighted by Crippen LogP contribution is 2.39. The van der Waals surface area contributed by atoms with Crippen LogP contribution in [0.15, 0.2) is 34.7 Å². The molecule has 1 aromatic heterocycles. The number of urea groups is 1. The third kappa shape index (κ3) is 6.25. The number of nitrogens with one attached hydrogen (secondary N) is 1. The first-order valence-electron chi connectivity index (χ1n) is 12.6. The van der Waals surface area contributed by atoms with Crippen LogP contribution in [0, 0.1) is 11.8 Å². The first kappa shape index (κ1) is 25.3. The van der Waals surface area contributed by atoms with E-state index in [1.54, 1.807) is 20.0 Å². The number of nitrogens with zero attached hydrogens (tertiary/aromatic N) is 2. The molecule has 2 saturated carbocycles. The molecule has 1 heterocycles. The molecular weight excluding hydrogens is 466 g/mol. The molecule has 0 saturated heterocycles. The number of anilines is 1. The molecule has 1 atom stereocenters. The van der Waals surface area contributed by atoms with Crippen molar-refractivity contribution in [2.75, 3.05) is 5.32 Å². The number of aliphatic carboxylic acids is 1. The fraction of sp³-hybridized carbons (Fsp3) is 0.654. The Bertz CT molecular complexity index is 912. The number of hydrogen-bond acceptors (Lipinski definition) is 5. The fourth-order valence-electron chi connectivity index (χ4n) is 5.56. The molecule has 0 radical (unpaired) electrons. The minimum atomic E-state index is -0.941. The van der Waals surface area contributed by atoms with Crippen molar-refractivity contribution in [2.45, 2.75) is 99.1 Å². The molecular formula is C26H37N3O3S2. The van der Waals surface area contributed by atoms with E-state index >= 15 is 0 Å². The van der Waals surface area contributed by atoms with Gasteiger partial charge in [-0.3, -0.25) is 10.1 Å². The van der Waals surface area contributed by atoms with E-state index in [0.29, 0.717) is 23.0 Å². The summed E-state index contributed by atoms with van der Waals surface area (Å²) < 4.78 is -0.147. The van der Waals surface area contributed by atoms with Gasteiger partial charge in [-0.2, -0.15) is 0 Å². The van der Waals surface area contributed by atoms with Gasteiger partial charge in [-0.05, 0) is 70.6 Å². The highest BCUT2D eigenvalue weighted by molar-refractivity contribution is 8.03. The minimum Gasteiger partial charge on any atom is -0.480 e. The molecule has 6 nitrogen and oxygen atoms in total. The van der Waals surface area contributed by atoms with Crippen LogP contribution < -0.4 is 5.32 Å². The summed E-state index contributed by atoms with van der Waals surface area (Å²) in [6, 6.07) is 0.536. The molecule has 0 aliphatic heterocycles. The van der Waals surface area contributed by atoms with Crippen molar-refractivity contribution in [1.29, 1.82) is 0 Å². The molecule has 2 amide bonds. The van der Waals surface area contributed by atoms with Gasteiger partial charge in [0.05, 0.1) is 10.4 Å². The molecule has 3 aliphatic rings. The summed E-state index contributed by atoms with van der Waals surface area (Å²) in [6.07, 6.45) is 22.0. The second-order valence-electron chi connectivity index (χ2n) is 10.3. The number of aromatic nitrogens is 1. The van der Waals surface area contributed by atoms with Gasteiger partial charge in [0.25, 0.3) is 0 Å². The third-order valence-corrected chi connectivity index (χ3v) is 9.72. The number of hydrogen-bond donors (Lipinski definition) is 2. The van der Waals surface area contributed by atoms with E-state index in [-0.39, 0.29) is 12.1 Å². The maximum absolute atomic E-state index is 13.6. The van der Waals surface area contributed by atoms with Crippen LogP contribution in [0.2, 0.25) is 0 Å². The minimum absolute atomic E-state index is 0.0424. The Morgan fingerprint density at radius 1 is 1.09 bits per heavy atom. The van der Waals surface area contributed by atoms with Gasteiger partial charge in [-0.1, -0.05) is 66.7 Å². The molecule has 4 rings (SSSR count). The van der Waals surface area contributed by atoms with Crippen molar-refractivity contribution in [1.82, 2.24) is 9.88 Å². The maximum atomic E-state index is 13.6. The third-order valence-electron chi connectivity index (χ3n) is 7.53. The van der Waals surface area contributed by atoms with Crippen LogP contribution in [0.5, 0.6) is 0 Å². The van der Waals surface area contributed by atoms with Crippen molar-refractivity contribution < 1.29 is 14.7 Å². The fourth-order valence-corrected chi connectivity index (χ4v) is 7.83. The number of thioether (sulfide) groups is 1. The lowest BCUT2D eigenvalue weighted by Gasteiger charge is -2.43. The number of rotatable bonds is 7. The molecule has 0 aromatic carbocycles. The standard InChI is InChI=1S/C26H37N3O3S2/c1-26(2,23(30)31)34-22-17-27-24(33-22)28-25(32)29(20-11-7-4-8-12-20)21-15-13-19(14-16-21)18-9-5-3-6-10-18/h3,5-6,9,17-21H,4,7-8,10-16H2,1-2H3,(H,30,31)(H,27,28,32). The highest BCUT2D eigenvalue weighted by Gasteiger charge is 2.36. The smallest absolute Gasteiger partial charge is 0.324 e. The molecule has 2 N–H and O–H groups in total. The first-order chi connectivity index (χ1) is 16.3. The highest BCUT2D eigenvalue weighted by atomic mass is 32.2. The number of carboxylic acid groups (broad SMARTS) is 1. The van der Waals surface area contributed by atoms with E-state index < -0.39 is 10.7 Å². The van der Waals surface area contributed by atoms with E-state index in [9.17, 15) is 14.7 Å². The summed E-state index contributed by atoms with van der Waals surface area (Å²) in [5.74, 6) is 0.490. The van der Waals surface area contributed by atoms with Crippen molar-refractivity contribution in [3.05, 3.63) is 30.5 Å². The number of thiazole rings is 1. The van der Waals surface area contributed by atoms with E-state index in [0.717, 1.165) is 36.3 Å². The van der Waals surface area contributed by atoms with Crippen LogP contribution in [-0.2, 0) is 4.79 Å². The molecule has 3 aliphatic carbocycles. The van der Waals surface area contributed by atoms with Crippen LogP contribution >= 0.6 is 23.1 Å². The van der Waals surface area contributed by atoms with E-state index in [2.05, 4.69) is 39.5 Å². The van der Waals surface area contributed by atoms with E-state index in [1.165, 1.54) is 55.2 Å². The first-order valence-corrected chi connectivity index (χ1v) is 14.3. The molecule has 8 heteroatoms. The van der Waals surface area contributed by atoms with Crippen LogP contribution in [-0.4, -0.2) is 43.8 Å². The van der Waals surface area contributed by atoms with Crippen molar-refractivity contribution in [3.63, 3.8) is 0 Å². The topological polar surface area (TPSA) is 82.5 Å². The van der Waals surface area contributed by atoms with E-state index in [4.69, 9.17) is 0 Å². The lowest BCUT2D eigenvalue weighted by atomic mass is 9.75. The number of allylic oxidation sites excluding steroid dienone is 4. The molecule has 1 unspecified atom stereocenters. The quantitative estimate of drug-likeness (QED) is 0.393. The molecule has 0 bridgehead atoms. The number of carbonyl (C=O) groups is 2. The number of carbonyl (C=O) groups excluding carboxylic acids is 1. The molecule has 1 aromatic rings. The monoisotopic (exact) mass is 503 g/mol. The Balaban J connectivity index is 1.41. The summed E-state index contributed by atoms with van der Waals surface area (Å²) in [5.41, 5.74) is 0. The SMILES string of the molecule is CC(C)(Sc1cnc(NC(=O)N(C2CCCCC2)C2CCC(C3C=CC=CC3)CC2)s1)C(=O)O. The Morgan fingerprint density at radius 3 is 2.44 bits per heavy atom. The summed E-state index contributed by atoms with van der Waals surface area (Å²) in [4.78, 5) is 31.5. The van der Waals surface area contributed by atoms with Crippen LogP contribution in [0.1, 0.15) is 78.1 Å². The predicted molar refractivity (Wildman–Crippen MR) is 140 cm³/mol. The van der Waals surface area contributed by atoms with Crippen molar-refractivity contribution >= 4 is 40.2 Å². The average molecular weight is 504 g/mol. The summed E-state index contributed by atoms with van der Waals surface area (Å²) >= 11 is 2.61. The second kappa shape index (κ2) is 11.3. The van der Waals surface area contributed by atoms with Gasteiger partial charge >= 0.3 is 12.0 Å². The van der Waals surface area contributed by atoms with Gasteiger partial charge in [0, 0.05) is 12.1 Å². The van der Waals surface area contributed by atoms with Crippen molar-refractivity contribution in [3.8, 4) is 0 Å². The number of amides is 2. The lowest BCUT2D eigenvalue weighted by Crippen LogP contribution is -2.51. The lowest BCUT2D eigenvalue weighted by molar-refractivity contribution is -0.138. The van der Waals surface area contributed by atoms with Gasteiger partial charge < -0.3 is 10.0 Å².